The van der Waals surface area contributed by atoms with Gasteiger partial charge < -0.3 is 15.3 Å². The van der Waals surface area contributed by atoms with Crippen LogP contribution < -0.4 is 5.32 Å². The normalized spacial score (nSPS) is 18.6. The second-order valence-electron chi connectivity index (χ2n) is 5.55. The molecule has 0 bridgehead atoms. The fourth-order valence-corrected chi connectivity index (χ4v) is 3.00. The second-order valence-corrected chi connectivity index (χ2v) is 5.55. The number of aliphatic hydroxyl groups excluding tert-OH is 1. The minimum Gasteiger partial charge on any atom is -0.396 e. The molecular formula is C15H21N5O2. The molecule has 1 aliphatic rings. The Kier molecular flexibility index (Phi) is 4.53. The number of aromatic nitrogens is 3. The first-order chi connectivity index (χ1) is 10.8. The van der Waals surface area contributed by atoms with E-state index in [9.17, 15) is 4.79 Å². The molecule has 1 fully saturated rings. The van der Waals surface area contributed by atoms with E-state index in [4.69, 9.17) is 5.11 Å². The summed E-state index contributed by atoms with van der Waals surface area (Å²) in [5, 5.41) is 16.3. The molecule has 1 unspecified atom stereocenters. The molecule has 0 saturated carbocycles. The van der Waals surface area contributed by atoms with Crippen LogP contribution in [0.2, 0.25) is 0 Å². The average molecular weight is 303 g/mol. The van der Waals surface area contributed by atoms with Gasteiger partial charge in [-0.25, -0.2) is 14.3 Å². The van der Waals surface area contributed by atoms with Crippen LogP contribution in [-0.4, -0.2) is 49.8 Å². The van der Waals surface area contributed by atoms with Crippen LogP contribution in [0.5, 0.6) is 0 Å². The van der Waals surface area contributed by atoms with Crippen LogP contribution in [-0.2, 0) is 6.54 Å². The summed E-state index contributed by atoms with van der Waals surface area (Å²) >= 11 is 0. The van der Waals surface area contributed by atoms with Crippen LogP contribution in [0.1, 0.15) is 31.4 Å². The van der Waals surface area contributed by atoms with Crippen molar-refractivity contribution in [2.24, 2.45) is 0 Å². The molecule has 2 amide bonds. The highest BCUT2D eigenvalue weighted by Gasteiger charge is 2.26. The molecule has 1 saturated heterocycles. The minimum atomic E-state index is -0.0738. The van der Waals surface area contributed by atoms with E-state index in [1.54, 1.807) is 16.9 Å². The molecule has 2 N–H and O–H groups in total. The minimum absolute atomic E-state index is 0.0738. The highest BCUT2D eigenvalue weighted by Crippen LogP contribution is 2.19. The first kappa shape index (κ1) is 14.8. The van der Waals surface area contributed by atoms with E-state index in [2.05, 4.69) is 15.4 Å². The molecule has 3 rings (SSSR count). The molecule has 118 valence electrons. The number of aliphatic hydroxyl groups is 1. The lowest BCUT2D eigenvalue weighted by Gasteiger charge is -2.35. The van der Waals surface area contributed by atoms with Crippen molar-refractivity contribution in [1.82, 2.24) is 24.8 Å². The Hall–Kier alpha value is -2.15. The molecule has 1 atom stereocenters. The molecule has 0 spiro atoms. The van der Waals surface area contributed by atoms with Crippen molar-refractivity contribution in [3.05, 3.63) is 30.2 Å². The Morgan fingerprint density at radius 2 is 2.27 bits per heavy atom. The van der Waals surface area contributed by atoms with Crippen molar-refractivity contribution in [3.8, 4) is 0 Å². The van der Waals surface area contributed by atoms with E-state index in [0.29, 0.717) is 13.0 Å². The third-order valence-corrected chi connectivity index (χ3v) is 4.14. The van der Waals surface area contributed by atoms with Gasteiger partial charge in [-0.1, -0.05) is 0 Å². The number of hydrogen-bond donors (Lipinski definition) is 2. The largest absolute Gasteiger partial charge is 0.396 e. The van der Waals surface area contributed by atoms with Crippen molar-refractivity contribution in [2.45, 2.75) is 38.3 Å². The summed E-state index contributed by atoms with van der Waals surface area (Å²) in [5.74, 6) is 0. The van der Waals surface area contributed by atoms with Crippen LogP contribution in [0.25, 0.3) is 5.65 Å². The molecule has 2 aromatic rings. The lowest BCUT2D eigenvalue weighted by atomic mass is 10.0. The van der Waals surface area contributed by atoms with Gasteiger partial charge in [0, 0.05) is 31.5 Å². The zero-order valence-corrected chi connectivity index (χ0v) is 12.5. The average Bonchev–Trinajstić information content (AvgIpc) is 3.02. The number of piperidine rings is 1. The summed E-state index contributed by atoms with van der Waals surface area (Å²) in [6.07, 6.45) is 7.16. The number of nitrogens with zero attached hydrogens (tertiary/aromatic N) is 4. The van der Waals surface area contributed by atoms with Gasteiger partial charge in [0.2, 0.25) is 0 Å². The van der Waals surface area contributed by atoms with Gasteiger partial charge in [0.05, 0.1) is 18.4 Å². The van der Waals surface area contributed by atoms with Crippen molar-refractivity contribution in [1.29, 1.82) is 0 Å². The number of hydrogen-bond acceptors (Lipinski definition) is 4. The highest BCUT2D eigenvalue weighted by atomic mass is 16.3. The highest BCUT2D eigenvalue weighted by molar-refractivity contribution is 5.74. The predicted octanol–water partition coefficient (Wildman–Crippen LogP) is 1.18. The van der Waals surface area contributed by atoms with E-state index in [1.807, 2.05) is 17.0 Å². The Morgan fingerprint density at radius 1 is 1.36 bits per heavy atom. The summed E-state index contributed by atoms with van der Waals surface area (Å²) < 4.78 is 1.72. The van der Waals surface area contributed by atoms with E-state index < -0.39 is 0 Å². The zero-order chi connectivity index (χ0) is 15.4. The Morgan fingerprint density at radius 3 is 3.14 bits per heavy atom. The monoisotopic (exact) mass is 303 g/mol. The maximum atomic E-state index is 12.4. The predicted molar refractivity (Wildman–Crippen MR) is 81.3 cm³/mol. The lowest BCUT2D eigenvalue weighted by molar-refractivity contribution is 0.131. The maximum Gasteiger partial charge on any atom is 0.317 e. The molecule has 0 aliphatic carbocycles. The van der Waals surface area contributed by atoms with E-state index in [-0.39, 0.29) is 18.7 Å². The lowest BCUT2D eigenvalue weighted by Crippen LogP contribution is -2.48. The molecule has 1 aliphatic heterocycles. The van der Waals surface area contributed by atoms with E-state index in [1.165, 1.54) is 0 Å². The fourth-order valence-electron chi connectivity index (χ4n) is 3.00. The number of urea groups is 1. The quantitative estimate of drug-likeness (QED) is 0.888. The molecule has 7 nitrogen and oxygen atoms in total. The smallest absolute Gasteiger partial charge is 0.317 e. The molecule has 3 heterocycles. The number of carbonyl (C=O) groups excluding carboxylic acids is 1. The Bertz CT molecular complexity index is 640. The van der Waals surface area contributed by atoms with Crippen LogP contribution in [0, 0.1) is 0 Å². The Balaban J connectivity index is 1.65. The zero-order valence-electron chi connectivity index (χ0n) is 12.5. The van der Waals surface area contributed by atoms with E-state index in [0.717, 1.165) is 37.1 Å². The van der Waals surface area contributed by atoms with Crippen molar-refractivity contribution < 1.29 is 9.90 Å². The summed E-state index contributed by atoms with van der Waals surface area (Å²) in [5.41, 5.74) is 1.65. The molecule has 22 heavy (non-hydrogen) atoms. The molecular weight excluding hydrogens is 282 g/mol. The van der Waals surface area contributed by atoms with Gasteiger partial charge in [-0.15, -0.1) is 0 Å². The molecule has 0 aromatic carbocycles. The van der Waals surface area contributed by atoms with Gasteiger partial charge >= 0.3 is 6.03 Å². The number of amides is 2. The van der Waals surface area contributed by atoms with Crippen LogP contribution in [0.3, 0.4) is 0 Å². The number of nitrogens with one attached hydrogen (secondary N) is 1. The first-order valence-corrected chi connectivity index (χ1v) is 7.72. The third-order valence-electron chi connectivity index (χ3n) is 4.14. The maximum absolute atomic E-state index is 12.4. The first-order valence-electron chi connectivity index (χ1n) is 7.72. The van der Waals surface area contributed by atoms with Gasteiger partial charge in [0.15, 0.2) is 5.65 Å². The Labute approximate surface area is 129 Å². The van der Waals surface area contributed by atoms with Crippen molar-refractivity contribution in [3.63, 3.8) is 0 Å². The standard InChI is InChI=1S/C15H21N5O2/c21-10-6-12-3-1-2-9-19(12)15(22)17-11-13-4-7-16-14-5-8-18-20(13)14/h4-5,7-8,12,21H,1-3,6,9-11H2,(H,17,22). The van der Waals surface area contributed by atoms with Gasteiger partial charge in [0.1, 0.15) is 0 Å². The van der Waals surface area contributed by atoms with E-state index >= 15 is 0 Å². The van der Waals surface area contributed by atoms with Gasteiger partial charge in [-0.2, -0.15) is 5.10 Å². The topological polar surface area (TPSA) is 82.8 Å². The summed E-state index contributed by atoms with van der Waals surface area (Å²) in [7, 11) is 0. The third kappa shape index (κ3) is 3.04. The number of likely N-dealkylation sites (tertiary alicyclic amines) is 1. The number of rotatable bonds is 4. The number of carbonyl (C=O) groups is 1. The summed E-state index contributed by atoms with van der Waals surface area (Å²) in [6, 6.07) is 3.74. The van der Waals surface area contributed by atoms with Gasteiger partial charge in [-0.05, 0) is 31.7 Å². The van der Waals surface area contributed by atoms with Crippen molar-refractivity contribution in [2.75, 3.05) is 13.2 Å². The van der Waals surface area contributed by atoms with Crippen LogP contribution in [0.15, 0.2) is 24.5 Å². The van der Waals surface area contributed by atoms with Gasteiger partial charge in [0.25, 0.3) is 0 Å². The summed E-state index contributed by atoms with van der Waals surface area (Å²) in [4.78, 5) is 18.5. The number of fused-ring (bicyclic) bond motifs is 1. The fraction of sp³-hybridized carbons (Fsp3) is 0.533. The second kappa shape index (κ2) is 6.74. The molecule has 7 heteroatoms. The van der Waals surface area contributed by atoms with Crippen LogP contribution in [0.4, 0.5) is 4.79 Å². The van der Waals surface area contributed by atoms with Gasteiger partial charge in [-0.3, -0.25) is 0 Å². The summed E-state index contributed by atoms with van der Waals surface area (Å²) in [6.45, 7) is 1.28. The SMILES string of the molecule is O=C(NCc1ccnc2ccnn12)N1CCCCC1CCO. The molecule has 0 radical (unpaired) electrons. The van der Waals surface area contributed by atoms with Crippen molar-refractivity contribution >= 4 is 11.7 Å². The van der Waals surface area contributed by atoms with Crippen LogP contribution >= 0.6 is 0 Å². The molecule has 2 aromatic heterocycles.